The molecule has 1 saturated heterocycles. The van der Waals surface area contributed by atoms with Crippen LogP contribution in [-0.4, -0.2) is 49.8 Å². The summed E-state index contributed by atoms with van der Waals surface area (Å²) in [5, 5.41) is 30.7. The number of hydrogen-bond acceptors (Lipinski definition) is 6. The standard InChI is InChI=1S/C19H20N2O4S/c22-10-15-16(23)17(24)18(25-15)21-14-9-5-4-8-13(14)20-19(21)26-11-12-6-2-1-3-7-12/h1-9,15-18,22-24H,10-11H2/t15-,16+,17-,18+/m0/s1. The average Bonchev–Trinajstić information content (AvgIpc) is 3.18. The van der Waals surface area contributed by atoms with Gasteiger partial charge in [-0.2, -0.15) is 0 Å². The highest BCUT2D eigenvalue weighted by molar-refractivity contribution is 7.98. The second kappa shape index (κ2) is 7.38. The third-order valence-corrected chi connectivity index (χ3v) is 5.57. The number of nitrogens with zero attached hydrogens (tertiary/aromatic N) is 2. The minimum atomic E-state index is -1.14. The zero-order chi connectivity index (χ0) is 18.1. The minimum absolute atomic E-state index is 0.353. The van der Waals surface area contributed by atoms with Crippen molar-refractivity contribution in [1.82, 2.24) is 9.55 Å². The van der Waals surface area contributed by atoms with Crippen molar-refractivity contribution in [3.05, 3.63) is 60.2 Å². The monoisotopic (exact) mass is 372 g/mol. The van der Waals surface area contributed by atoms with Gasteiger partial charge < -0.3 is 20.1 Å². The fourth-order valence-corrected chi connectivity index (χ4v) is 4.18. The van der Waals surface area contributed by atoms with Crippen LogP contribution in [0.1, 0.15) is 11.8 Å². The summed E-state index contributed by atoms with van der Waals surface area (Å²) in [5.74, 6) is 0.721. The van der Waals surface area contributed by atoms with E-state index in [-0.39, 0.29) is 6.61 Å². The molecule has 0 unspecified atom stereocenters. The quantitative estimate of drug-likeness (QED) is 0.594. The predicted molar refractivity (Wildman–Crippen MR) is 98.7 cm³/mol. The number of hydrogen-bond donors (Lipinski definition) is 3. The number of aromatic nitrogens is 2. The summed E-state index contributed by atoms with van der Waals surface area (Å²) in [6.07, 6.45) is -3.89. The van der Waals surface area contributed by atoms with Crippen LogP contribution in [0, 0.1) is 0 Å². The Bertz CT molecular complexity index is 886. The van der Waals surface area contributed by atoms with Crippen LogP contribution >= 0.6 is 11.8 Å². The molecule has 0 aliphatic carbocycles. The number of para-hydroxylation sites is 2. The number of benzene rings is 2. The molecule has 7 heteroatoms. The number of fused-ring (bicyclic) bond motifs is 1. The number of ether oxygens (including phenoxy) is 1. The molecule has 26 heavy (non-hydrogen) atoms. The van der Waals surface area contributed by atoms with E-state index in [0.717, 1.165) is 22.3 Å². The molecule has 1 aromatic heterocycles. The van der Waals surface area contributed by atoms with Gasteiger partial charge in [0.25, 0.3) is 0 Å². The van der Waals surface area contributed by atoms with Crippen LogP contribution in [0.25, 0.3) is 11.0 Å². The van der Waals surface area contributed by atoms with Gasteiger partial charge in [0.15, 0.2) is 11.4 Å². The van der Waals surface area contributed by atoms with Crippen molar-refractivity contribution in [2.75, 3.05) is 6.61 Å². The second-order valence-electron chi connectivity index (χ2n) is 6.26. The lowest BCUT2D eigenvalue weighted by Crippen LogP contribution is -2.33. The molecule has 1 aliphatic heterocycles. The van der Waals surface area contributed by atoms with Crippen LogP contribution in [-0.2, 0) is 10.5 Å². The van der Waals surface area contributed by atoms with Gasteiger partial charge in [-0.25, -0.2) is 4.98 Å². The summed E-state index contributed by atoms with van der Waals surface area (Å²) in [4.78, 5) is 4.67. The Morgan fingerprint density at radius 3 is 2.46 bits per heavy atom. The number of imidazole rings is 1. The van der Waals surface area contributed by atoms with Gasteiger partial charge >= 0.3 is 0 Å². The van der Waals surface area contributed by atoms with E-state index in [1.54, 1.807) is 11.8 Å². The lowest BCUT2D eigenvalue weighted by atomic mass is 10.1. The maximum atomic E-state index is 10.5. The Kier molecular flexibility index (Phi) is 4.97. The van der Waals surface area contributed by atoms with E-state index in [4.69, 9.17) is 4.74 Å². The third kappa shape index (κ3) is 3.13. The first-order valence-corrected chi connectivity index (χ1v) is 9.43. The van der Waals surface area contributed by atoms with Crippen LogP contribution in [0.5, 0.6) is 0 Å². The predicted octanol–water partition coefficient (Wildman–Crippen LogP) is 1.94. The van der Waals surface area contributed by atoms with Crippen LogP contribution in [0.2, 0.25) is 0 Å². The number of aliphatic hydroxyl groups is 3. The Morgan fingerprint density at radius 2 is 1.73 bits per heavy atom. The van der Waals surface area contributed by atoms with Gasteiger partial charge in [-0.05, 0) is 17.7 Å². The minimum Gasteiger partial charge on any atom is -0.394 e. The molecule has 3 aromatic rings. The number of rotatable bonds is 5. The molecule has 0 spiro atoms. The zero-order valence-electron chi connectivity index (χ0n) is 14.0. The summed E-state index contributed by atoms with van der Waals surface area (Å²) in [6, 6.07) is 17.7. The normalized spacial score (nSPS) is 25.8. The smallest absolute Gasteiger partial charge is 0.171 e. The van der Waals surface area contributed by atoms with Gasteiger partial charge in [0.1, 0.15) is 18.3 Å². The van der Waals surface area contributed by atoms with Crippen molar-refractivity contribution in [2.45, 2.75) is 35.4 Å². The summed E-state index contributed by atoms with van der Waals surface area (Å²) in [7, 11) is 0. The van der Waals surface area contributed by atoms with Crippen molar-refractivity contribution in [3.8, 4) is 0 Å². The molecule has 0 bridgehead atoms. The Hall–Kier alpha value is -1.90. The van der Waals surface area contributed by atoms with Gasteiger partial charge in [-0.3, -0.25) is 4.57 Å². The highest BCUT2D eigenvalue weighted by atomic mass is 32.2. The summed E-state index contributed by atoms with van der Waals surface area (Å²) >= 11 is 1.54. The van der Waals surface area contributed by atoms with E-state index in [9.17, 15) is 15.3 Å². The Balaban J connectivity index is 1.70. The summed E-state index contributed by atoms with van der Waals surface area (Å²) in [6.45, 7) is -0.353. The van der Waals surface area contributed by atoms with E-state index in [1.165, 1.54) is 0 Å². The van der Waals surface area contributed by atoms with Gasteiger partial charge in [-0.1, -0.05) is 54.2 Å². The lowest BCUT2D eigenvalue weighted by molar-refractivity contribution is -0.0546. The van der Waals surface area contributed by atoms with E-state index in [2.05, 4.69) is 4.98 Å². The maximum Gasteiger partial charge on any atom is 0.171 e. The van der Waals surface area contributed by atoms with E-state index < -0.39 is 24.5 Å². The van der Waals surface area contributed by atoms with E-state index in [1.807, 2.05) is 59.2 Å². The number of aliphatic hydroxyl groups excluding tert-OH is 3. The highest BCUT2D eigenvalue weighted by Gasteiger charge is 2.44. The maximum absolute atomic E-state index is 10.5. The second-order valence-corrected chi connectivity index (χ2v) is 7.20. The van der Waals surface area contributed by atoms with Crippen molar-refractivity contribution >= 4 is 22.8 Å². The third-order valence-electron chi connectivity index (χ3n) is 4.55. The Labute approximate surface area is 155 Å². The first-order valence-electron chi connectivity index (χ1n) is 8.45. The van der Waals surface area contributed by atoms with Gasteiger partial charge in [0, 0.05) is 5.75 Å². The SMILES string of the molecule is OC[C@@H]1O[C@@H](n2c(SCc3ccccc3)nc3ccccc32)[C@@H](O)[C@@H]1O. The fourth-order valence-electron chi connectivity index (χ4n) is 3.19. The summed E-state index contributed by atoms with van der Waals surface area (Å²) < 4.78 is 7.55. The molecule has 0 radical (unpaired) electrons. The Morgan fingerprint density at radius 1 is 1.00 bits per heavy atom. The largest absolute Gasteiger partial charge is 0.394 e. The fraction of sp³-hybridized carbons (Fsp3) is 0.316. The van der Waals surface area contributed by atoms with Gasteiger partial charge in [-0.15, -0.1) is 0 Å². The van der Waals surface area contributed by atoms with E-state index in [0.29, 0.717) is 5.16 Å². The molecular weight excluding hydrogens is 352 g/mol. The highest BCUT2D eigenvalue weighted by Crippen LogP contribution is 2.36. The molecule has 3 N–H and O–H groups in total. The van der Waals surface area contributed by atoms with Gasteiger partial charge in [0.05, 0.1) is 17.6 Å². The van der Waals surface area contributed by atoms with Crippen LogP contribution in [0.3, 0.4) is 0 Å². The van der Waals surface area contributed by atoms with E-state index >= 15 is 0 Å². The first-order chi connectivity index (χ1) is 12.7. The molecule has 136 valence electrons. The molecule has 1 aliphatic rings. The van der Waals surface area contributed by atoms with Crippen molar-refractivity contribution in [1.29, 1.82) is 0 Å². The van der Waals surface area contributed by atoms with Gasteiger partial charge in [0.2, 0.25) is 0 Å². The molecule has 2 heterocycles. The molecule has 4 rings (SSSR count). The number of thioether (sulfide) groups is 1. The summed E-state index contributed by atoms with van der Waals surface area (Å²) in [5.41, 5.74) is 2.77. The molecule has 4 atom stereocenters. The molecule has 0 saturated carbocycles. The van der Waals surface area contributed by atoms with Crippen LogP contribution in [0.15, 0.2) is 59.8 Å². The molecule has 1 fully saturated rings. The van der Waals surface area contributed by atoms with Crippen molar-refractivity contribution < 1.29 is 20.1 Å². The molecule has 2 aromatic carbocycles. The van der Waals surface area contributed by atoms with Crippen molar-refractivity contribution in [3.63, 3.8) is 0 Å². The molecular formula is C19H20N2O4S. The topological polar surface area (TPSA) is 87.7 Å². The molecule has 0 amide bonds. The van der Waals surface area contributed by atoms with Crippen LogP contribution in [0.4, 0.5) is 0 Å². The first kappa shape index (κ1) is 17.5. The average molecular weight is 372 g/mol. The van der Waals surface area contributed by atoms with Crippen LogP contribution < -0.4 is 0 Å². The lowest BCUT2D eigenvalue weighted by Gasteiger charge is -2.19. The van der Waals surface area contributed by atoms with Crippen molar-refractivity contribution in [2.24, 2.45) is 0 Å². The molecule has 6 nitrogen and oxygen atoms in total. The zero-order valence-corrected chi connectivity index (χ0v) is 14.8.